The highest BCUT2D eigenvalue weighted by atomic mass is 16.5. The van der Waals surface area contributed by atoms with Crippen molar-refractivity contribution in [3.8, 4) is 11.5 Å². The van der Waals surface area contributed by atoms with Gasteiger partial charge in [-0.15, -0.1) is 0 Å². The predicted molar refractivity (Wildman–Crippen MR) is 69.1 cm³/mol. The van der Waals surface area contributed by atoms with E-state index in [2.05, 4.69) is 0 Å². The van der Waals surface area contributed by atoms with E-state index in [-0.39, 0.29) is 5.75 Å². The Hall–Kier alpha value is -1.97. The maximum absolute atomic E-state index is 11.6. The maximum atomic E-state index is 11.6. The second kappa shape index (κ2) is 6.10. The molecule has 0 spiro atoms. The van der Waals surface area contributed by atoms with Crippen molar-refractivity contribution in [2.45, 2.75) is 20.3 Å². The van der Waals surface area contributed by atoms with Crippen LogP contribution in [-0.4, -0.2) is 25.3 Å². The van der Waals surface area contributed by atoms with Crippen LogP contribution in [0.5, 0.6) is 11.5 Å². The van der Waals surface area contributed by atoms with Crippen LogP contribution in [0.25, 0.3) is 0 Å². The monoisotopic (exact) mass is 250 g/mol. The van der Waals surface area contributed by atoms with Crippen molar-refractivity contribution < 1.29 is 19.4 Å². The van der Waals surface area contributed by atoms with Gasteiger partial charge in [-0.05, 0) is 38.0 Å². The van der Waals surface area contributed by atoms with Gasteiger partial charge in [-0.25, -0.2) is 4.79 Å². The zero-order chi connectivity index (χ0) is 13.7. The summed E-state index contributed by atoms with van der Waals surface area (Å²) in [5.74, 6) is -0.191. The van der Waals surface area contributed by atoms with Crippen molar-refractivity contribution in [1.29, 1.82) is 0 Å². The van der Waals surface area contributed by atoms with E-state index < -0.39 is 5.97 Å². The van der Waals surface area contributed by atoms with Crippen LogP contribution in [0.3, 0.4) is 0 Å². The number of aromatic hydroxyl groups is 1. The van der Waals surface area contributed by atoms with Crippen LogP contribution in [0.4, 0.5) is 0 Å². The number of phenols is 1. The second-order valence-electron chi connectivity index (χ2n) is 4.16. The smallest absolute Gasteiger partial charge is 0.338 e. The normalized spacial score (nSPS) is 9.78. The highest BCUT2D eigenvalue weighted by Crippen LogP contribution is 2.30. The number of carbonyl (C=O) groups is 1. The van der Waals surface area contributed by atoms with Crippen molar-refractivity contribution in [3.05, 3.63) is 34.9 Å². The van der Waals surface area contributed by atoms with Crippen LogP contribution in [0.15, 0.2) is 23.8 Å². The van der Waals surface area contributed by atoms with Crippen molar-refractivity contribution in [1.82, 2.24) is 0 Å². The molecule has 0 aliphatic carbocycles. The Morgan fingerprint density at radius 3 is 2.50 bits per heavy atom. The third kappa shape index (κ3) is 3.26. The summed E-state index contributed by atoms with van der Waals surface area (Å²) < 4.78 is 9.74. The van der Waals surface area contributed by atoms with E-state index in [4.69, 9.17) is 9.47 Å². The molecule has 4 nitrogen and oxygen atoms in total. The highest BCUT2D eigenvalue weighted by Gasteiger charge is 2.15. The molecule has 4 heteroatoms. The first-order valence-corrected chi connectivity index (χ1v) is 5.61. The first-order valence-electron chi connectivity index (χ1n) is 5.61. The molecule has 0 amide bonds. The molecule has 0 radical (unpaired) electrons. The summed E-state index contributed by atoms with van der Waals surface area (Å²) in [6, 6.07) is 3.03. The van der Waals surface area contributed by atoms with Crippen LogP contribution in [0.1, 0.15) is 29.8 Å². The molecule has 0 saturated carbocycles. The lowest BCUT2D eigenvalue weighted by Crippen LogP contribution is -2.06. The molecule has 0 saturated heterocycles. The Morgan fingerprint density at radius 2 is 2.00 bits per heavy atom. The number of hydrogen-bond acceptors (Lipinski definition) is 4. The minimum absolute atomic E-state index is 0.0705. The third-order valence-electron chi connectivity index (χ3n) is 2.54. The first kappa shape index (κ1) is 14.1. The Labute approximate surface area is 107 Å². The molecular weight excluding hydrogens is 232 g/mol. The number of esters is 1. The van der Waals surface area contributed by atoms with E-state index in [0.717, 1.165) is 11.1 Å². The number of benzene rings is 1. The molecule has 0 fully saturated rings. The van der Waals surface area contributed by atoms with Crippen molar-refractivity contribution in [2.75, 3.05) is 14.2 Å². The number of rotatable bonds is 4. The van der Waals surface area contributed by atoms with Crippen LogP contribution < -0.4 is 4.74 Å². The average molecular weight is 250 g/mol. The minimum Gasteiger partial charge on any atom is -0.504 e. The van der Waals surface area contributed by atoms with Gasteiger partial charge in [0.1, 0.15) is 0 Å². The molecule has 0 bridgehead atoms. The minimum atomic E-state index is -0.467. The fourth-order valence-corrected chi connectivity index (χ4v) is 1.56. The van der Waals surface area contributed by atoms with Gasteiger partial charge in [0.25, 0.3) is 0 Å². The molecule has 0 aromatic heterocycles. The Kier molecular flexibility index (Phi) is 4.77. The molecule has 1 rings (SSSR count). The third-order valence-corrected chi connectivity index (χ3v) is 2.54. The molecule has 1 aromatic carbocycles. The van der Waals surface area contributed by atoms with Gasteiger partial charge in [-0.1, -0.05) is 11.6 Å². The predicted octanol–water partition coefficient (Wildman–Crippen LogP) is 2.70. The van der Waals surface area contributed by atoms with E-state index in [1.807, 2.05) is 19.9 Å². The van der Waals surface area contributed by atoms with Crippen LogP contribution in [0, 0.1) is 0 Å². The standard InChI is InChI=1S/C14H18O4/c1-9(2)5-6-10-7-13(17-3)12(15)8-11(10)14(16)18-4/h5,7-8,15H,6H2,1-4H3. The van der Waals surface area contributed by atoms with E-state index in [0.29, 0.717) is 17.7 Å². The first-order chi connectivity index (χ1) is 8.49. The quantitative estimate of drug-likeness (QED) is 0.659. The van der Waals surface area contributed by atoms with E-state index in [9.17, 15) is 9.90 Å². The van der Waals surface area contributed by atoms with Crippen molar-refractivity contribution in [2.24, 2.45) is 0 Å². The van der Waals surface area contributed by atoms with Gasteiger partial charge in [0.2, 0.25) is 0 Å². The van der Waals surface area contributed by atoms with Gasteiger partial charge >= 0.3 is 5.97 Å². The zero-order valence-corrected chi connectivity index (χ0v) is 11.1. The highest BCUT2D eigenvalue weighted by molar-refractivity contribution is 5.92. The number of ether oxygens (including phenoxy) is 2. The molecular formula is C14H18O4. The fourth-order valence-electron chi connectivity index (χ4n) is 1.56. The average Bonchev–Trinajstić information content (AvgIpc) is 2.35. The molecule has 98 valence electrons. The topological polar surface area (TPSA) is 55.8 Å². The van der Waals surface area contributed by atoms with Gasteiger partial charge in [0, 0.05) is 0 Å². The molecule has 0 unspecified atom stereocenters. The molecule has 0 aliphatic rings. The number of methoxy groups -OCH3 is 2. The van der Waals surface area contributed by atoms with Crippen molar-refractivity contribution in [3.63, 3.8) is 0 Å². The lowest BCUT2D eigenvalue weighted by Gasteiger charge is -2.10. The summed E-state index contributed by atoms with van der Waals surface area (Å²) in [4.78, 5) is 11.6. The Balaban J connectivity index is 3.25. The zero-order valence-electron chi connectivity index (χ0n) is 11.1. The molecule has 0 atom stereocenters. The van der Waals surface area contributed by atoms with Gasteiger partial charge in [-0.2, -0.15) is 0 Å². The summed E-state index contributed by atoms with van der Waals surface area (Å²) in [7, 11) is 2.78. The molecule has 0 aliphatic heterocycles. The lowest BCUT2D eigenvalue weighted by atomic mass is 10.0. The van der Waals surface area contributed by atoms with Gasteiger partial charge in [0.15, 0.2) is 11.5 Å². The number of hydrogen-bond donors (Lipinski definition) is 1. The Bertz CT molecular complexity index is 471. The van der Waals surface area contributed by atoms with Crippen LogP contribution >= 0.6 is 0 Å². The SMILES string of the molecule is COC(=O)c1cc(O)c(OC)cc1CC=C(C)C. The van der Waals surface area contributed by atoms with E-state index in [1.54, 1.807) is 6.07 Å². The molecule has 0 heterocycles. The fraction of sp³-hybridized carbons (Fsp3) is 0.357. The number of phenolic OH excluding ortho intramolecular Hbond substituents is 1. The Morgan fingerprint density at radius 1 is 1.33 bits per heavy atom. The molecule has 1 aromatic rings. The number of carbonyl (C=O) groups excluding carboxylic acids is 1. The molecule has 18 heavy (non-hydrogen) atoms. The summed E-state index contributed by atoms with van der Waals surface area (Å²) in [5.41, 5.74) is 2.27. The van der Waals surface area contributed by atoms with Crippen molar-refractivity contribution >= 4 is 5.97 Å². The largest absolute Gasteiger partial charge is 0.504 e. The summed E-state index contributed by atoms with van der Waals surface area (Å²) in [6.45, 7) is 3.96. The summed E-state index contributed by atoms with van der Waals surface area (Å²) in [5, 5.41) is 9.69. The lowest BCUT2D eigenvalue weighted by molar-refractivity contribution is 0.0599. The van der Waals surface area contributed by atoms with Gasteiger partial charge in [0.05, 0.1) is 19.8 Å². The van der Waals surface area contributed by atoms with Crippen LogP contribution in [0.2, 0.25) is 0 Å². The van der Waals surface area contributed by atoms with E-state index in [1.165, 1.54) is 20.3 Å². The summed E-state index contributed by atoms with van der Waals surface area (Å²) in [6.07, 6.45) is 2.58. The number of allylic oxidation sites excluding steroid dienone is 2. The van der Waals surface area contributed by atoms with Gasteiger partial charge in [-0.3, -0.25) is 0 Å². The van der Waals surface area contributed by atoms with Gasteiger partial charge < -0.3 is 14.6 Å². The van der Waals surface area contributed by atoms with E-state index >= 15 is 0 Å². The molecule has 1 N–H and O–H groups in total. The van der Waals surface area contributed by atoms with Crippen LogP contribution in [-0.2, 0) is 11.2 Å². The second-order valence-corrected chi connectivity index (χ2v) is 4.16. The summed E-state index contributed by atoms with van der Waals surface area (Å²) >= 11 is 0. The maximum Gasteiger partial charge on any atom is 0.338 e.